The van der Waals surface area contributed by atoms with Crippen molar-refractivity contribution < 1.29 is 0 Å². The van der Waals surface area contributed by atoms with Crippen molar-refractivity contribution in [1.29, 1.82) is 0 Å². The van der Waals surface area contributed by atoms with Gasteiger partial charge in [-0.05, 0) is 51.4 Å². The zero-order chi connectivity index (χ0) is 13.0. The van der Waals surface area contributed by atoms with Gasteiger partial charge in [0.15, 0.2) is 0 Å². The molecule has 1 atom stereocenters. The number of nitrogens with one attached hydrogen (secondary N) is 1. The Hall–Kier alpha value is -1.22. The molecule has 3 heteroatoms. The maximum absolute atomic E-state index is 6.09. The lowest BCUT2D eigenvalue weighted by Gasteiger charge is -2.30. The SMILES string of the molecule is Cc1cccc(NC(C)CN2CCCCC2)c1N. The highest BCUT2D eigenvalue weighted by atomic mass is 15.2. The highest BCUT2D eigenvalue weighted by molar-refractivity contribution is 5.69. The summed E-state index contributed by atoms with van der Waals surface area (Å²) >= 11 is 0. The number of aryl methyl sites for hydroxylation is 1. The molecule has 1 aliphatic heterocycles. The average Bonchev–Trinajstić information content (AvgIpc) is 2.36. The maximum atomic E-state index is 6.09. The summed E-state index contributed by atoms with van der Waals surface area (Å²) in [6, 6.07) is 6.61. The quantitative estimate of drug-likeness (QED) is 0.804. The summed E-state index contributed by atoms with van der Waals surface area (Å²) in [4.78, 5) is 2.55. The van der Waals surface area contributed by atoms with Crippen molar-refractivity contribution in [2.45, 2.75) is 39.2 Å². The highest BCUT2D eigenvalue weighted by Gasteiger charge is 2.14. The number of rotatable bonds is 4. The van der Waals surface area contributed by atoms with Gasteiger partial charge in [-0.3, -0.25) is 0 Å². The van der Waals surface area contributed by atoms with Gasteiger partial charge in [0.05, 0.1) is 11.4 Å². The summed E-state index contributed by atoms with van der Waals surface area (Å²) in [6.07, 6.45) is 4.09. The molecule has 0 spiro atoms. The molecule has 1 saturated heterocycles. The minimum atomic E-state index is 0.437. The second-order valence-electron chi connectivity index (χ2n) is 5.44. The molecule has 0 amide bonds. The summed E-state index contributed by atoms with van der Waals surface area (Å²) in [5.41, 5.74) is 9.18. The molecule has 18 heavy (non-hydrogen) atoms. The molecule has 3 nitrogen and oxygen atoms in total. The fraction of sp³-hybridized carbons (Fsp3) is 0.600. The first-order valence-corrected chi connectivity index (χ1v) is 7.01. The standard InChI is InChI=1S/C15H25N3/c1-12-7-6-8-14(15(12)16)17-13(2)11-18-9-4-3-5-10-18/h6-8,13,17H,3-5,9-11,16H2,1-2H3. The smallest absolute Gasteiger partial charge is 0.0579 e. The van der Waals surface area contributed by atoms with E-state index in [1.54, 1.807) is 0 Å². The third kappa shape index (κ3) is 3.39. The van der Waals surface area contributed by atoms with E-state index in [0.29, 0.717) is 6.04 Å². The molecular weight excluding hydrogens is 222 g/mol. The minimum absolute atomic E-state index is 0.437. The predicted molar refractivity (Wildman–Crippen MR) is 79.0 cm³/mol. The second kappa shape index (κ2) is 6.10. The van der Waals surface area contributed by atoms with Gasteiger partial charge in [-0.1, -0.05) is 18.6 Å². The molecule has 0 radical (unpaired) electrons. The van der Waals surface area contributed by atoms with Gasteiger partial charge in [-0.15, -0.1) is 0 Å². The van der Waals surface area contributed by atoms with Crippen molar-refractivity contribution >= 4 is 11.4 Å². The largest absolute Gasteiger partial charge is 0.397 e. The van der Waals surface area contributed by atoms with Crippen LogP contribution in [0.5, 0.6) is 0 Å². The fourth-order valence-corrected chi connectivity index (χ4v) is 2.65. The van der Waals surface area contributed by atoms with Gasteiger partial charge in [0.1, 0.15) is 0 Å². The van der Waals surface area contributed by atoms with Gasteiger partial charge in [0.2, 0.25) is 0 Å². The molecule has 0 aromatic heterocycles. The van der Waals surface area contributed by atoms with E-state index < -0.39 is 0 Å². The van der Waals surface area contributed by atoms with Crippen LogP contribution < -0.4 is 11.1 Å². The molecule has 1 aliphatic rings. The summed E-state index contributed by atoms with van der Waals surface area (Å²) < 4.78 is 0. The zero-order valence-electron chi connectivity index (χ0n) is 11.6. The van der Waals surface area contributed by atoms with Gasteiger partial charge in [-0.2, -0.15) is 0 Å². The number of nitrogens with zero attached hydrogens (tertiary/aromatic N) is 1. The Morgan fingerprint density at radius 1 is 1.28 bits per heavy atom. The van der Waals surface area contributed by atoms with Crippen molar-refractivity contribution in [2.75, 3.05) is 30.7 Å². The number of anilines is 2. The topological polar surface area (TPSA) is 41.3 Å². The molecule has 0 saturated carbocycles. The Balaban J connectivity index is 1.90. The maximum Gasteiger partial charge on any atom is 0.0579 e. The van der Waals surface area contributed by atoms with Gasteiger partial charge in [0.25, 0.3) is 0 Å². The van der Waals surface area contributed by atoms with Crippen molar-refractivity contribution in [3.63, 3.8) is 0 Å². The molecule has 0 bridgehead atoms. The van der Waals surface area contributed by atoms with Crippen molar-refractivity contribution in [1.82, 2.24) is 4.90 Å². The van der Waals surface area contributed by atoms with Crippen LogP contribution in [-0.4, -0.2) is 30.6 Å². The van der Waals surface area contributed by atoms with Crippen LogP contribution in [0.25, 0.3) is 0 Å². The predicted octanol–water partition coefficient (Wildman–Crippen LogP) is 2.86. The Labute approximate surface area is 110 Å². The van der Waals surface area contributed by atoms with Crippen LogP contribution in [-0.2, 0) is 0 Å². The van der Waals surface area contributed by atoms with Crippen molar-refractivity contribution in [3.8, 4) is 0 Å². The number of piperidine rings is 1. The first kappa shape index (κ1) is 13.2. The van der Waals surface area contributed by atoms with Crippen LogP contribution in [0.2, 0.25) is 0 Å². The summed E-state index contributed by atoms with van der Waals surface area (Å²) in [5, 5.41) is 3.53. The normalized spacial score (nSPS) is 18.6. The summed E-state index contributed by atoms with van der Waals surface area (Å²) in [5.74, 6) is 0. The Bertz CT molecular complexity index is 383. The number of hydrogen-bond acceptors (Lipinski definition) is 3. The molecule has 1 heterocycles. The van der Waals surface area contributed by atoms with Crippen LogP contribution in [0.4, 0.5) is 11.4 Å². The van der Waals surface area contributed by atoms with Crippen LogP contribution in [0.1, 0.15) is 31.7 Å². The molecule has 3 N–H and O–H groups in total. The lowest BCUT2D eigenvalue weighted by molar-refractivity contribution is 0.223. The monoisotopic (exact) mass is 247 g/mol. The zero-order valence-corrected chi connectivity index (χ0v) is 11.6. The van der Waals surface area contributed by atoms with Crippen molar-refractivity contribution in [2.24, 2.45) is 0 Å². The molecule has 100 valence electrons. The summed E-state index contributed by atoms with van der Waals surface area (Å²) in [7, 11) is 0. The molecule has 1 fully saturated rings. The number of para-hydroxylation sites is 1. The average molecular weight is 247 g/mol. The Kier molecular flexibility index (Phi) is 4.48. The van der Waals surface area contributed by atoms with Crippen molar-refractivity contribution in [3.05, 3.63) is 23.8 Å². The molecule has 1 unspecified atom stereocenters. The first-order chi connectivity index (χ1) is 8.66. The fourth-order valence-electron chi connectivity index (χ4n) is 2.65. The number of nitrogens with two attached hydrogens (primary N) is 1. The van der Waals surface area contributed by atoms with E-state index in [4.69, 9.17) is 5.73 Å². The molecular formula is C15H25N3. The van der Waals surface area contributed by atoms with Gasteiger partial charge >= 0.3 is 0 Å². The molecule has 1 aromatic rings. The summed E-state index contributed by atoms with van der Waals surface area (Å²) in [6.45, 7) is 7.88. The number of benzene rings is 1. The van der Waals surface area contributed by atoms with Gasteiger partial charge < -0.3 is 16.0 Å². The Morgan fingerprint density at radius 2 is 2.00 bits per heavy atom. The van der Waals surface area contributed by atoms with E-state index in [1.165, 1.54) is 32.4 Å². The molecule has 0 aliphatic carbocycles. The first-order valence-electron chi connectivity index (χ1n) is 7.01. The van der Waals surface area contributed by atoms with Gasteiger partial charge in [0, 0.05) is 12.6 Å². The van der Waals surface area contributed by atoms with E-state index in [9.17, 15) is 0 Å². The van der Waals surface area contributed by atoms with Gasteiger partial charge in [-0.25, -0.2) is 0 Å². The number of nitrogen functional groups attached to an aromatic ring is 1. The van der Waals surface area contributed by atoms with Crippen LogP contribution in [0, 0.1) is 6.92 Å². The lowest BCUT2D eigenvalue weighted by Crippen LogP contribution is -2.38. The lowest BCUT2D eigenvalue weighted by atomic mass is 10.1. The van der Waals surface area contributed by atoms with E-state index >= 15 is 0 Å². The third-order valence-electron chi connectivity index (χ3n) is 3.71. The highest BCUT2D eigenvalue weighted by Crippen LogP contribution is 2.22. The number of hydrogen-bond donors (Lipinski definition) is 2. The third-order valence-corrected chi connectivity index (χ3v) is 3.71. The van der Waals surface area contributed by atoms with Crippen LogP contribution in [0.15, 0.2) is 18.2 Å². The molecule has 1 aromatic carbocycles. The second-order valence-corrected chi connectivity index (χ2v) is 5.44. The van der Waals surface area contributed by atoms with E-state index in [1.807, 2.05) is 0 Å². The van der Waals surface area contributed by atoms with E-state index in [-0.39, 0.29) is 0 Å². The van der Waals surface area contributed by atoms with E-state index in [0.717, 1.165) is 23.5 Å². The number of likely N-dealkylation sites (tertiary alicyclic amines) is 1. The van der Waals surface area contributed by atoms with E-state index in [2.05, 4.69) is 42.3 Å². The van der Waals surface area contributed by atoms with Crippen LogP contribution in [0.3, 0.4) is 0 Å². The van der Waals surface area contributed by atoms with Crippen LogP contribution >= 0.6 is 0 Å². The molecule has 2 rings (SSSR count). The minimum Gasteiger partial charge on any atom is -0.397 e. The Morgan fingerprint density at radius 3 is 2.72 bits per heavy atom.